The standard InChI is InChI=1S/C22H35N3O3/c1-23-13-5-8-20(23)16-25(19-10-11-19)22(27)17-24(14-15-28-2)21(26)12-9-18-6-3-4-7-18/h5,8,13,18-19H,3-4,6-7,9-12,14-17H2,1-2H3. The van der Waals surface area contributed by atoms with Gasteiger partial charge in [-0.3, -0.25) is 9.59 Å². The quantitative estimate of drug-likeness (QED) is 0.585. The molecule has 2 fully saturated rings. The Balaban J connectivity index is 1.58. The fourth-order valence-electron chi connectivity index (χ4n) is 4.17. The third-order valence-corrected chi connectivity index (χ3v) is 6.18. The molecule has 1 aromatic rings. The molecule has 1 heterocycles. The number of ether oxygens (including phenoxy) is 1. The molecule has 156 valence electrons. The monoisotopic (exact) mass is 389 g/mol. The number of hydrogen-bond donors (Lipinski definition) is 0. The zero-order chi connectivity index (χ0) is 19.9. The number of carbonyl (C=O) groups excluding carboxylic acids is 2. The highest BCUT2D eigenvalue weighted by molar-refractivity contribution is 5.85. The molecular weight excluding hydrogens is 354 g/mol. The number of rotatable bonds is 11. The van der Waals surface area contributed by atoms with Crippen LogP contribution in [-0.2, 0) is 27.9 Å². The molecule has 0 aliphatic heterocycles. The Kier molecular flexibility index (Phi) is 7.54. The summed E-state index contributed by atoms with van der Waals surface area (Å²) < 4.78 is 7.23. The fraction of sp³-hybridized carbons (Fsp3) is 0.727. The fourth-order valence-corrected chi connectivity index (χ4v) is 4.17. The second-order valence-electron chi connectivity index (χ2n) is 8.36. The van der Waals surface area contributed by atoms with Crippen molar-refractivity contribution in [1.82, 2.24) is 14.4 Å². The molecule has 3 rings (SSSR count). The van der Waals surface area contributed by atoms with Gasteiger partial charge in [-0.2, -0.15) is 0 Å². The van der Waals surface area contributed by atoms with E-state index in [-0.39, 0.29) is 18.4 Å². The number of hydrogen-bond acceptors (Lipinski definition) is 3. The molecule has 0 saturated heterocycles. The molecule has 0 atom stereocenters. The smallest absolute Gasteiger partial charge is 0.242 e. The van der Waals surface area contributed by atoms with Crippen LogP contribution < -0.4 is 0 Å². The van der Waals surface area contributed by atoms with Crippen LogP contribution in [0.5, 0.6) is 0 Å². The van der Waals surface area contributed by atoms with E-state index in [1.165, 1.54) is 25.7 Å². The molecule has 0 bridgehead atoms. The van der Waals surface area contributed by atoms with Crippen molar-refractivity contribution in [3.8, 4) is 0 Å². The Morgan fingerprint density at radius 2 is 1.93 bits per heavy atom. The topological polar surface area (TPSA) is 54.8 Å². The first-order chi connectivity index (χ1) is 13.6. The molecule has 28 heavy (non-hydrogen) atoms. The van der Waals surface area contributed by atoms with Crippen LogP contribution in [0.15, 0.2) is 18.3 Å². The molecule has 0 aromatic carbocycles. The van der Waals surface area contributed by atoms with E-state index < -0.39 is 0 Å². The highest BCUT2D eigenvalue weighted by Gasteiger charge is 2.34. The molecule has 2 amide bonds. The predicted molar refractivity (Wildman–Crippen MR) is 109 cm³/mol. The summed E-state index contributed by atoms with van der Waals surface area (Å²) in [6.07, 6.45) is 10.7. The van der Waals surface area contributed by atoms with Crippen molar-refractivity contribution in [3.05, 3.63) is 24.0 Å². The Morgan fingerprint density at radius 1 is 1.18 bits per heavy atom. The van der Waals surface area contributed by atoms with Gasteiger partial charge in [0.05, 0.1) is 19.7 Å². The van der Waals surface area contributed by atoms with Gasteiger partial charge >= 0.3 is 0 Å². The van der Waals surface area contributed by atoms with Gasteiger partial charge in [-0.05, 0) is 37.3 Å². The van der Waals surface area contributed by atoms with Crippen LogP contribution in [0.4, 0.5) is 0 Å². The highest BCUT2D eigenvalue weighted by atomic mass is 16.5. The van der Waals surface area contributed by atoms with Crippen molar-refractivity contribution in [1.29, 1.82) is 0 Å². The first-order valence-corrected chi connectivity index (χ1v) is 10.7. The second kappa shape index (κ2) is 10.1. The molecule has 0 unspecified atom stereocenters. The number of amides is 2. The van der Waals surface area contributed by atoms with Gasteiger partial charge in [0.25, 0.3) is 0 Å². The summed E-state index contributed by atoms with van der Waals surface area (Å²) in [5.41, 5.74) is 1.12. The van der Waals surface area contributed by atoms with Gasteiger partial charge in [0.15, 0.2) is 0 Å². The van der Waals surface area contributed by atoms with Crippen molar-refractivity contribution in [3.63, 3.8) is 0 Å². The van der Waals surface area contributed by atoms with Crippen LogP contribution in [0.1, 0.15) is 57.1 Å². The lowest BCUT2D eigenvalue weighted by molar-refractivity contribution is -0.142. The molecule has 2 saturated carbocycles. The molecule has 6 nitrogen and oxygen atoms in total. The average molecular weight is 390 g/mol. The van der Waals surface area contributed by atoms with Crippen molar-refractivity contribution in [2.75, 3.05) is 26.8 Å². The molecule has 0 N–H and O–H groups in total. The number of aryl methyl sites for hydroxylation is 1. The molecule has 1 aromatic heterocycles. The van der Waals surface area contributed by atoms with E-state index in [9.17, 15) is 9.59 Å². The molecule has 0 spiro atoms. The van der Waals surface area contributed by atoms with Gasteiger partial charge in [0.1, 0.15) is 0 Å². The largest absolute Gasteiger partial charge is 0.383 e. The Hall–Kier alpha value is -1.82. The van der Waals surface area contributed by atoms with E-state index in [0.29, 0.717) is 38.1 Å². The molecule has 6 heteroatoms. The van der Waals surface area contributed by atoms with Crippen molar-refractivity contribution in [2.24, 2.45) is 13.0 Å². The lowest BCUT2D eigenvalue weighted by Crippen LogP contribution is -2.44. The molecule has 2 aliphatic rings. The zero-order valence-corrected chi connectivity index (χ0v) is 17.4. The van der Waals surface area contributed by atoms with Gasteiger partial charge in [-0.1, -0.05) is 25.7 Å². The maximum atomic E-state index is 13.1. The van der Waals surface area contributed by atoms with Crippen LogP contribution in [0, 0.1) is 5.92 Å². The van der Waals surface area contributed by atoms with Crippen molar-refractivity contribution < 1.29 is 14.3 Å². The number of aromatic nitrogens is 1. The summed E-state index contributed by atoms with van der Waals surface area (Å²) in [6.45, 7) is 1.72. The number of methoxy groups -OCH3 is 1. The summed E-state index contributed by atoms with van der Waals surface area (Å²) in [4.78, 5) is 29.6. The lowest BCUT2D eigenvalue weighted by Gasteiger charge is -2.28. The van der Waals surface area contributed by atoms with Crippen LogP contribution in [-0.4, -0.2) is 59.0 Å². The summed E-state index contributed by atoms with van der Waals surface area (Å²) >= 11 is 0. The van der Waals surface area contributed by atoms with E-state index in [1.807, 2.05) is 24.2 Å². The molecular formula is C22H35N3O3. The third-order valence-electron chi connectivity index (χ3n) is 6.18. The van der Waals surface area contributed by atoms with Gasteiger partial charge in [0, 0.05) is 45.1 Å². The van der Waals surface area contributed by atoms with E-state index in [1.54, 1.807) is 12.0 Å². The number of carbonyl (C=O) groups is 2. The maximum absolute atomic E-state index is 13.1. The summed E-state index contributed by atoms with van der Waals surface area (Å²) in [7, 11) is 3.64. The van der Waals surface area contributed by atoms with E-state index >= 15 is 0 Å². The Labute approximate surface area is 168 Å². The Bertz CT molecular complexity index is 647. The average Bonchev–Trinajstić information content (AvgIpc) is 3.23. The van der Waals surface area contributed by atoms with Crippen molar-refractivity contribution >= 4 is 11.8 Å². The Morgan fingerprint density at radius 3 is 2.54 bits per heavy atom. The van der Waals surface area contributed by atoms with Crippen LogP contribution in [0.2, 0.25) is 0 Å². The van der Waals surface area contributed by atoms with Gasteiger partial charge in [-0.15, -0.1) is 0 Å². The highest BCUT2D eigenvalue weighted by Crippen LogP contribution is 2.30. The minimum absolute atomic E-state index is 0.0500. The molecule has 2 aliphatic carbocycles. The molecule has 0 radical (unpaired) electrons. The first-order valence-electron chi connectivity index (χ1n) is 10.7. The lowest BCUT2D eigenvalue weighted by atomic mass is 10.0. The summed E-state index contributed by atoms with van der Waals surface area (Å²) in [6, 6.07) is 4.38. The zero-order valence-electron chi connectivity index (χ0n) is 17.4. The first kappa shape index (κ1) is 20.9. The predicted octanol–water partition coefficient (Wildman–Crippen LogP) is 2.96. The van der Waals surface area contributed by atoms with Gasteiger partial charge in [-0.25, -0.2) is 0 Å². The summed E-state index contributed by atoms with van der Waals surface area (Å²) in [5, 5.41) is 0. The SMILES string of the molecule is COCCN(CC(=O)N(Cc1cccn1C)C1CC1)C(=O)CCC1CCCC1. The minimum Gasteiger partial charge on any atom is -0.383 e. The maximum Gasteiger partial charge on any atom is 0.242 e. The van der Waals surface area contributed by atoms with E-state index in [2.05, 4.69) is 10.6 Å². The minimum atomic E-state index is 0.0500. The third kappa shape index (κ3) is 5.84. The number of nitrogens with zero attached hydrogens (tertiary/aromatic N) is 3. The van der Waals surface area contributed by atoms with Crippen LogP contribution in [0.25, 0.3) is 0 Å². The van der Waals surface area contributed by atoms with Gasteiger partial charge < -0.3 is 19.1 Å². The normalized spacial score (nSPS) is 17.1. The van der Waals surface area contributed by atoms with Crippen molar-refractivity contribution in [2.45, 2.75) is 64.0 Å². The van der Waals surface area contributed by atoms with Gasteiger partial charge in [0.2, 0.25) is 11.8 Å². The van der Waals surface area contributed by atoms with Crippen LogP contribution >= 0.6 is 0 Å². The van der Waals surface area contributed by atoms with Crippen LogP contribution in [0.3, 0.4) is 0 Å². The van der Waals surface area contributed by atoms with E-state index in [0.717, 1.165) is 25.0 Å². The second-order valence-corrected chi connectivity index (χ2v) is 8.36. The van der Waals surface area contributed by atoms with E-state index in [4.69, 9.17) is 4.74 Å². The summed E-state index contributed by atoms with van der Waals surface area (Å²) in [5.74, 6) is 0.824.